The van der Waals surface area contributed by atoms with Gasteiger partial charge in [-0.3, -0.25) is 5.10 Å². The molecule has 1 fully saturated rings. The van der Waals surface area contributed by atoms with Crippen molar-refractivity contribution in [3.63, 3.8) is 0 Å². The molecule has 112 valence electrons. The van der Waals surface area contributed by atoms with Crippen molar-refractivity contribution in [3.05, 3.63) is 47.5 Å². The van der Waals surface area contributed by atoms with E-state index in [1.165, 1.54) is 37.7 Å². The summed E-state index contributed by atoms with van der Waals surface area (Å²) in [5, 5.41) is 7.46. The standard InChI is InChI=1S/C17H24N4/c18-15(12-11-13-7-3-1-4-8-13)17-19-16(20-21-17)14-9-5-2-6-10-14/h1,3-4,7-8,14-15H,2,5-6,9-12,18H2,(H,19,20,21). The summed E-state index contributed by atoms with van der Waals surface area (Å²) >= 11 is 0. The van der Waals surface area contributed by atoms with Crippen molar-refractivity contribution in [2.45, 2.75) is 56.9 Å². The van der Waals surface area contributed by atoms with Crippen LogP contribution in [0.2, 0.25) is 0 Å². The number of aromatic nitrogens is 3. The third-order valence-corrected chi connectivity index (χ3v) is 4.43. The van der Waals surface area contributed by atoms with Gasteiger partial charge < -0.3 is 5.73 Å². The van der Waals surface area contributed by atoms with Crippen molar-refractivity contribution < 1.29 is 0 Å². The predicted molar refractivity (Wildman–Crippen MR) is 83.9 cm³/mol. The lowest BCUT2D eigenvalue weighted by Gasteiger charge is -2.18. The normalized spacial score (nSPS) is 17.8. The molecule has 0 spiro atoms. The van der Waals surface area contributed by atoms with E-state index >= 15 is 0 Å². The molecule has 4 heteroatoms. The summed E-state index contributed by atoms with van der Waals surface area (Å²) in [6.07, 6.45) is 8.28. The first-order valence-electron chi connectivity index (χ1n) is 8.04. The van der Waals surface area contributed by atoms with Crippen LogP contribution in [0.25, 0.3) is 0 Å². The van der Waals surface area contributed by atoms with E-state index in [-0.39, 0.29) is 6.04 Å². The van der Waals surface area contributed by atoms with E-state index in [2.05, 4.69) is 39.4 Å². The zero-order chi connectivity index (χ0) is 14.5. The van der Waals surface area contributed by atoms with Gasteiger partial charge in [-0.2, -0.15) is 5.10 Å². The van der Waals surface area contributed by atoms with Crippen LogP contribution in [0.3, 0.4) is 0 Å². The second kappa shape index (κ2) is 6.85. The number of benzene rings is 1. The van der Waals surface area contributed by atoms with Gasteiger partial charge in [0.1, 0.15) is 5.82 Å². The lowest BCUT2D eigenvalue weighted by molar-refractivity contribution is 0.429. The van der Waals surface area contributed by atoms with Crippen LogP contribution in [-0.4, -0.2) is 15.2 Å². The summed E-state index contributed by atoms with van der Waals surface area (Å²) < 4.78 is 0. The van der Waals surface area contributed by atoms with E-state index in [1.54, 1.807) is 0 Å². The number of aromatic amines is 1. The Bertz CT molecular complexity index is 543. The van der Waals surface area contributed by atoms with Crippen LogP contribution in [0.1, 0.15) is 67.7 Å². The van der Waals surface area contributed by atoms with Crippen LogP contribution in [0.15, 0.2) is 30.3 Å². The van der Waals surface area contributed by atoms with Gasteiger partial charge in [0.05, 0.1) is 6.04 Å². The quantitative estimate of drug-likeness (QED) is 0.883. The highest BCUT2D eigenvalue weighted by atomic mass is 15.2. The number of hydrogen-bond donors (Lipinski definition) is 2. The molecule has 1 aliphatic rings. The molecule has 21 heavy (non-hydrogen) atoms. The summed E-state index contributed by atoms with van der Waals surface area (Å²) in [5.74, 6) is 2.37. The molecule has 0 aliphatic heterocycles. The maximum atomic E-state index is 6.24. The number of H-pyrrole nitrogens is 1. The molecule has 1 unspecified atom stereocenters. The molecule has 1 aliphatic carbocycles. The number of nitrogens with two attached hydrogens (primary N) is 1. The first kappa shape index (κ1) is 14.3. The molecule has 0 radical (unpaired) electrons. The Morgan fingerprint density at radius 1 is 1.14 bits per heavy atom. The second-order valence-corrected chi connectivity index (χ2v) is 6.04. The molecule has 2 aromatic rings. The molecular weight excluding hydrogens is 260 g/mol. The molecule has 0 saturated heterocycles. The SMILES string of the molecule is NC(CCc1ccccc1)c1n[nH]c(C2CCCCC2)n1. The van der Waals surface area contributed by atoms with E-state index in [9.17, 15) is 0 Å². The fraction of sp³-hybridized carbons (Fsp3) is 0.529. The van der Waals surface area contributed by atoms with Crippen molar-refractivity contribution >= 4 is 0 Å². The highest BCUT2D eigenvalue weighted by Gasteiger charge is 2.20. The van der Waals surface area contributed by atoms with E-state index in [4.69, 9.17) is 5.73 Å². The Labute approximate surface area is 126 Å². The summed E-state index contributed by atoms with van der Waals surface area (Å²) in [6, 6.07) is 10.4. The van der Waals surface area contributed by atoms with E-state index in [0.29, 0.717) is 5.92 Å². The fourth-order valence-corrected chi connectivity index (χ4v) is 3.11. The molecule has 0 amide bonds. The minimum atomic E-state index is -0.0844. The monoisotopic (exact) mass is 284 g/mol. The average molecular weight is 284 g/mol. The lowest BCUT2D eigenvalue weighted by atomic mass is 9.89. The minimum Gasteiger partial charge on any atom is -0.321 e. The summed E-state index contributed by atoms with van der Waals surface area (Å²) in [4.78, 5) is 4.65. The Kier molecular flexibility index (Phi) is 4.65. The average Bonchev–Trinajstić information content (AvgIpc) is 3.04. The van der Waals surface area contributed by atoms with Gasteiger partial charge in [0, 0.05) is 5.92 Å². The second-order valence-electron chi connectivity index (χ2n) is 6.04. The molecule has 3 N–H and O–H groups in total. The van der Waals surface area contributed by atoms with Crippen LogP contribution in [0.5, 0.6) is 0 Å². The van der Waals surface area contributed by atoms with Gasteiger partial charge in [0.25, 0.3) is 0 Å². The number of aryl methyl sites for hydroxylation is 1. The highest BCUT2D eigenvalue weighted by molar-refractivity contribution is 5.15. The van der Waals surface area contributed by atoms with Gasteiger partial charge in [-0.05, 0) is 31.2 Å². The van der Waals surface area contributed by atoms with Gasteiger partial charge in [-0.15, -0.1) is 0 Å². The maximum Gasteiger partial charge on any atom is 0.167 e. The molecular formula is C17H24N4. The van der Waals surface area contributed by atoms with Crippen LogP contribution < -0.4 is 5.73 Å². The number of hydrogen-bond acceptors (Lipinski definition) is 3. The fourth-order valence-electron chi connectivity index (χ4n) is 3.11. The third kappa shape index (κ3) is 3.70. The third-order valence-electron chi connectivity index (χ3n) is 4.43. The van der Waals surface area contributed by atoms with Crippen molar-refractivity contribution in [1.29, 1.82) is 0 Å². The van der Waals surface area contributed by atoms with Crippen LogP contribution in [-0.2, 0) is 6.42 Å². The van der Waals surface area contributed by atoms with Crippen LogP contribution in [0.4, 0.5) is 0 Å². The number of rotatable bonds is 5. The topological polar surface area (TPSA) is 67.6 Å². The predicted octanol–water partition coefficient (Wildman–Crippen LogP) is 3.49. The molecule has 3 rings (SSSR count). The first-order valence-corrected chi connectivity index (χ1v) is 8.04. The Morgan fingerprint density at radius 2 is 1.90 bits per heavy atom. The maximum absolute atomic E-state index is 6.24. The largest absolute Gasteiger partial charge is 0.321 e. The molecule has 4 nitrogen and oxygen atoms in total. The van der Waals surface area contributed by atoms with Crippen molar-refractivity contribution in [1.82, 2.24) is 15.2 Å². The van der Waals surface area contributed by atoms with Crippen LogP contribution >= 0.6 is 0 Å². The molecule has 0 bridgehead atoms. The Balaban J connectivity index is 1.57. The summed E-state index contributed by atoms with van der Waals surface area (Å²) in [5.41, 5.74) is 7.56. The van der Waals surface area contributed by atoms with Gasteiger partial charge in [-0.1, -0.05) is 49.6 Å². The molecule has 1 aromatic carbocycles. The molecule has 1 atom stereocenters. The van der Waals surface area contributed by atoms with Gasteiger partial charge >= 0.3 is 0 Å². The van der Waals surface area contributed by atoms with E-state index in [0.717, 1.165) is 24.5 Å². The van der Waals surface area contributed by atoms with Crippen LogP contribution in [0, 0.1) is 0 Å². The summed E-state index contributed by atoms with van der Waals surface area (Å²) in [7, 11) is 0. The highest BCUT2D eigenvalue weighted by Crippen LogP contribution is 2.30. The van der Waals surface area contributed by atoms with Gasteiger partial charge in [0.15, 0.2) is 5.82 Å². The van der Waals surface area contributed by atoms with Crippen molar-refractivity contribution in [2.75, 3.05) is 0 Å². The molecule has 1 heterocycles. The zero-order valence-corrected chi connectivity index (χ0v) is 12.5. The number of nitrogens with one attached hydrogen (secondary N) is 1. The molecule has 1 saturated carbocycles. The van der Waals surface area contributed by atoms with Crippen molar-refractivity contribution in [2.24, 2.45) is 5.73 Å². The zero-order valence-electron chi connectivity index (χ0n) is 12.5. The van der Waals surface area contributed by atoms with Gasteiger partial charge in [0.2, 0.25) is 0 Å². The van der Waals surface area contributed by atoms with Gasteiger partial charge in [-0.25, -0.2) is 4.98 Å². The minimum absolute atomic E-state index is 0.0844. The lowest BCUT2D eigenvalue weighted by Crippen LogP contribution is -2.13. The Morgan fingerprint density at radius 3 is 2.67 bits per heavy atom. The van der Waals surface area contributed by atoms with E-state index < -0.39 is 0 Å². The number of nitrogens with zero attached hydrogens (tertiary/aromatic N) is 2. The van der Waals surface area contributed by atoms with E-state index in [1.807, 2.05) is 6.07 Å². The first-order chi connectivity index (χ1) is 10.3. The molecule has 1 aromatic heterocycles. The van der Waals surface area contributed by atoms with Crippen molar-refractivity contribution in [3.8, 4) is 0 Å². The smallest absolute Gasteiger partial charge is 0.167 e. The Hall–Kier alpha value is -1.68. The summed E-state index contributed by atoms with van der Waals surface area (Å²) in [6.45, 7) is 0.